The van der Waals surface area contributed by atoms with Gasteiger partial charge >= 0.3 is 0 Å². The van der Waals surface area contributed by atoms with E-state index in [0.717, 1.165) is 11.1 Å². The van der Waals surface area contributed by atoms with Crippen molar-refractivity contribution in [3.05, 3.63) is 65.2 Å². The summed E-state index contributed by atoms with van der Waals surface area (Å²) in [6.45, 7) is 3.90. The van der Waals surface area contributed by atoms with E-state index in [9.17, 15) is 4.79 Å². The van der Waals surface area contributed by atoms with Crippen LogP contribution in [-0.4, -0.2) is 17.9 Å². The highest BCUT2D eigenvalue weighted by molar-refractivity contribution is 5.97. The van der Waals surface area contributed by atoms with Crippen molar-refractivity contribution in [3.63, 3.8) is 0 Å². The number of benzene rings is 2. The second kappa shape index (κ2) is 5.78. The van der Waals surface area contributed by atoms with Crippen LogP contribution in [0.15, 0.2) is 48.5 Å². The van der Waals surface area contributed by atoms with Crippen LogP contribution in [0, 0.1) is 6.92 Å². The van der Waals surface area contributed by atoms with Crippen molar-refractivity contribution in [2.24, 2.45) is 0 Å². The Morgan fingerprint density at radius 2 is 1.75 bits per heavy atom. The van der Waals surface area contributed by atoms with Crippen LogP contribution in [0.2, 0.25) is 0 Å². The molecule has 0 aliphatic carbocycles. The molecule has 1 amide bonds. The lowest BCUT2D eigenvalue weighted by atomic mass is 10.0. The van der Waals surface area contributed by atoms with E-state index in [1.807, 2.05) is 69.4 Å². The first-order valence-corrected chi connectivity index (χ1v) is 6.69. The van der Waals surface area contributed by atoms with Crippen LogP contribution in [0.3, 0.4) is 0 Å². The number of carbonyl (C=O) groups excluding carboxylic acids is 1. The summed E-state index contributed by atoms with van der Waals surface area (Å²) in [6.07, 6.45) is 0. The maximum atomic E-state index is 12.6. The van der Waals surface area contributed by atoms with Gasteiger partial charge in [-0.3, -0.25) is 4.79 Å². The minimum absolute atomic E-state index is 0.00819. The molecule has 0 saturated heterocycles. The average Bonchev–Trinajstić information content (AvgIpc) is 2.48. The van der Waals surface area contributed by atoms with Gasteiger partial charge in [-0.1, -0.05) is 36.4 Å². The molecule has 0 saturated carbocycles. The zero-order valence-corrected chi connectivity index (χ0v) is 12.1. The summed E-state index contributed by atoms with van der Waals surface area (Å²) in [5, 5.41) is 0. The Bertz CT molecular complexity index is 608. The Kier molecular flexibility index (Phi) is 4.08. The first-order valence-electron chi connectivity index (χ1n) is 6.69. The van der Waals surface area contributed by atoms with Crippen molar-refractivity contribution in [2.75, 3.05) is 12.8 Å². The molecule has 20 heavy (non-hydrogen) atoms. The third kappa shape index (κ3) is 2.67. The van der Waals surface area contributed by atoms with Crippen LogP contribution in [0.5, 0.6) is 0 Å². The van der Waals surface area contributed by atoms with Gasteiger partial charge in [-0.25, -0.2) is 0 Å². The third-order valence-corrected chi connectivity index (χ3v) is 3.79. The van der Waals surface area contributed by atoms with E-state index in [0.29, 0.717) is 11.3 Å². The Balaban J connectivity index is 2.27. The molecule has 0 aliphatic rings. The number of anilines is 1. The smallest absolute Gasteiger partial charge is 0.254 e. The monoisotopic (exact) mass is 268 g/mol. The van der Waals surface area contributed by atoms with Crippen LogP contribution in [-0.2, 0) is 0 Å². The van der Waals surface area contributed by atoms with Crippen molar-refractivity contribution in [1.29, 1.82) is 0 Å². The highest BCUT2D eigenvalue weighted by atomic mass is 16.2. The summed E-state index contributed by atoms with van der Waals surface area (Å²) in [7, 11) is 1.82. The molecule has 2 rings (SSSR count). The van der Waals surface area contributed by atoms with Gasteiger partial charge in [-0.05, 0) is 37.1 Å². The fourth-order valence-corrected chi connectivity index (χ4v) is 2.21. The largest absolute Gasteiger partial charge is 0.398 e. The molecule has 1 atom stereocenters. The van der Waals surface area contributed by atoms with E-state index in [4.69, 9.17) is 5.73 Å². The maximum absolute atomic E-state index is 12.6. The molecule has 0 bridgehead atoms. The number of rotatable bonds is 3. The van der Waals surface area contributed by atoms with Gasteiger partial charge in [0, 0.05) is 18.3 Å². The molecular formula is C17H20N2O. The Morgan fingerprint density at radius 3 is 2.40 bits per heavy atom. The van der Waals surface area contributed by atoms with Gasteiger partial charge in [0.25, 0.3) is 5.91 Å². The Morgan fingerprint density at radius 1 is 1.10 bits per heavy atom. The molecule has 0 heterocycles. The van der Waals surface area contributed by atoms with Gasteiger partial charge < -0.3 is 10.6 Å². The number of carbonyl (C=O) groups is 1. The van der Waals surface area contributed by atoms with Crippen molar-refractivity contribution in [3.8, 4) is 0 Å². The number of nitrogens with two attached hydrogens (primary N) is 1. The predicted octanol–water partition coefficient (Wildman–Crippen LogP) is 3.41. The molecule has 0 radical (unpaired) electrons. The van der Waals surface area contributed by atoms with E-state index in [1.165, 1.54) is 0 Å². The van der Waals surface area contributed by atoms with Gasteiger partial charge in [0.1, 0.15) is 0 Å². The highest BCUT2D eigenvalue weighted by Gasteiger charge is 2.20. The van der Waals surface area contributed by atoms with Crippen LogP contribution >= 0.6 is 0 Å². The zero-order valence-electron chi connectivity index (χ0n) is 12.1. The number of hydrogen-bond acceptors (Lipinski definition) is 2. The molecule has 3 nitrogen and oxygen atoms in total. The summed E-state index contributed by atoms with van der Waals surface area (Å²) in [5.74, 6) is -0.00819. The standard InChI is InChI=1S/C17H20N2O/c1-12-15(10-7-11-16(12)18)17(20)19(3)13(2)14-8-5-4-6-9-14/h4-11,13H,18H2,1-3H3. The van der Waals surface area contributed by atoms with Gasteiger partial charge in [-0.15, -0.1) is 0 Å². The topological polar surface area (TPSA) is 46.3 Å². The van der Waals surface area contributed by atoms with Crippen molar-refractivity contribution >= 4 is 11.6 Å². The van der Waals surface area contributed by atoms with Gasteiger partial charge in [0.05, 0.1) is 6.04 Å². The highest BCUT2D eigenvalue weighted by Crippen LogP contribution is 2.23. The van der Waals surface area contributed by atoms with E-state index in [-0.39, 0.29) is 11.9 Å². The number of amides is 1. The first kappa shape index (κ1) is 14.1. The zero-order chi connectivity index (χ0) is 14.7. The first-order chi connectivity index (χ1) is 9.52. The number of hydrogen-bond donors (Lipinski definition) is 1. The lowest BCUT2D eigenvalue weighted by Crippen LogP contribution is -2.30. The van der Waals surface area contributed by atoms with Gasteiger partial charge in [0.2, 0.25) is 0 Å². The molecule has 104 valence electrons. The molecule has 0 spiro atoms. The summed E-state index contributed by atoms with van der Waals surface area (Å²) < 4.78 is 0. The van der Waals surface area contributed by atoms with Gasteiger partial charge in [0.15, 0.2) is 0 Å². The maximum Gasteiger partial charge on any atom is 0.254 e. The molecule has 3 heteroatoms. The summed E-state index contributed by atoms with van der Waals surface area (Å²) in [6, 6.07) is 15.5. The second-order valence-electron chi connectivity index (χ2n) is 5.02. The summed E-state index contributed by atoms with van der Waals surface area (Å²) >= 11 is 0. The lowest BCUT2D eigenvalue weighted by Gasteiger charge is -2.26. The second-order valence-corrected chi connectivity index (χ2v) is 5.02. The van der Waals surface area contributed by atoms with Crippen LogP contribution < -0.4 is 5.73 Å². The molecule has 0 aliphatic heterocycles. The van der Waals surface area contributed by atoms with Crippen LogP contribution in [0.25, 0.3) is 0 Å². The molecule has 2 aromatic rings. The number of nitrogen functional groups attached to an aromatic ring is 1. The molecule has 2 N–H and O–H groups in total. The normalized spacial score (nSPS) is 11.9. The fourth-order valence-electron chi connectivity index (χ4n) is 2.21. The van der Waals surface area contributed by atoms with E-state index < -0.39 is 0 Å². The van der Waals surface area contributed by atoms with Crippen LogP contribution in [0.4, 0.5) is 5.69 Å². The van der Waals surface area contributed by atoms with Crippen molar-refractivity contribution in [2.45, 2.75) is 19.9 Å². The fraction of sp³-hybridized carbons (Fsp3) is 0.235. The van der Waals surface area contributed by atoms with E-state index in [2.05, 4.69) is 0 Å². The SMILES string of the molecule is Cc1c(N)cccc1C(=O)N(C)C(C)c1ccccc1. The van der Waals surface area contributed by atoms with Crippen molar-refractivity contribution in [1.82, 2.24) is 4.90 Å². The molecule has 2 aromatic carbocycles. The summed E-state index contributed by atoms with van der Waals surface area (Å²) in [4.78, 5) is 14.3. The van der Waals surface area contributed by atoms with Gasteiger partial charge in [-0.2, -0.15) is 0 Å². The number of nitrogens with zero attached hydrogens (tertiary/aromatic N) is 1. The quantitative estimate of drug-likeness (QED) is 0.867. The third-order valence-electron chi connectivity index (χ3n) is 3.79. The van der Waals surface area contributed by atoms with E-state index in [1.54, 1.807) is 4.90 Å². The molecule has 1 unspecified atom stereocenters. The van der Waals surface area contributed by atoms with E-state index >= 15 is 0 Å². The molecule has 0 fully saturated rings. The minimum atomic E-state index is -0.00819. The van der Waals surface area contributed by atoms with Crippen molar-refractivity contribution < 1.29 is 4.79 Å². The lowest BCUT2D eigenvalue weighted by molar-refractivity contribution is 0.0742. The minimum Gasteiger partial charge on any atom is -0.398 e. The predicted molar refractivity (Wildman–Crippen MR) is 82.5 cm³/mol. The Hall–Kier alpha value is -2.29. The summed E-state index contributed by atoms with van der Waals surface area (Å²) in [5.41, 5.74) is 9.14. The Labute approximate surface area is 120 Å². The molecular weight excluding hydrogens is 248 g/mol. The van der Waals surface area contributed by atoms with Crippen LogP contribution in [0.1, 0.15) is 34.5 Å². The average molecular weight is 268 g/mol. The molecule has 0 aromatic heterocycles.